The van der Waals surface area contributed by atoms with Crippen molar-refractivity contribution >= 4 is 6.79 Å². The predicted molar refractivity (Wildman–Crippen MR) is 10.7 cm³/mol. The summed E-state index contributed by atoms with van der Waals surface area (Å²) in [6.07, 6.45) is 0. The van der Waals surface area contributed by atoms with Crippen LogP contribution in [0.15, 0.2) is 0 Å². The Morgan fingerprint density at radius 2 is 1.33 bits per heavy atom. The molecule has 0 aliphatic rings. The molecular weight excluding hydrogens is 168 g/mol. The largest absolute Gasteiger partial charge is 3.00 e. The quantitative estimate of drug-likeness (QED) is 0.212. The molecule has 0 fully saturated rings. The van der Waals surface area contributed by atoms with Gasteiger partial charge >= 0.3 is 45.4 Å². The first-order valence-corrected chi connectivity index (χ1v) is 0.440. The van der Waals surface area contributed by atoms with Crippen LogP contribution in [0.3, 0.4) is 0 Å². The smallest absolute Gasteiger partial charge is 0.545 e. The summed E-state index contributed by atoms with van der Waals surface area (Å²) in [7, 11) is 0. The molecule has 6 heavy (non-hydrogen) atoms. The zero-order valence-corrected chi connectivity index (χ0v) is 4.81. The Morgan fingerprint density at radius 3 is 1.33 bits per heavy atom. The maximum absolute atomic E-state index is 7.75. The van der Waals surface area contributed by atoms with Gasteiger partial charge in [0.15, 0.2) is 0 Å². The Bertz CT molecular complexity index is 20.8. The van der Waals surface area contributed by atoms with E-state index in [0.717, 1.165) is 0 Å². The number of hydrogen-bond donors (Lipinski definition) is 0. The van der Waals surface area contributed by atoms with Gasteiger partial charge in [0.2, 0.25) is 0 Å². The molecule has 1 radical (unpaired) electrons. The van der Waals surface area contributed by atoms with E-state index in [2.05, 4.69) is 13.4 Å². The Labute approximate surface area is 57.3 Å². The Kier molecular flexibility index (Phi) is 2850. The van der Waals surface area contributed by atoms with E-state index in [-0.39, 0.29) is 34.1 Å². The van der Waals surface area contributed by atoms with Crippen LogP contribution in [-0.4, -0.2) is 6.79 Å². The van der Waals surface area contributed by atoms with Crippen LogP contribution < -0.4 is 0 Å². The van der Waals surface area contributed by atoms with Gasteiger partial charge in [-0.1, -0.05) is 0 Å². The Balaban J connectivity index is -0.00000000500. The summed E-state index contributed by atoms with van der Waals surface area (Å²) in [5.74, 6) is 0. The standard InChI is InChI=1S/CHO.CO.2Fe/c2*1-2;;/h1H;;;/q-1;;+2;+3. The predicted octanol–water partition coefficient (Wildman–Crippen LogP) is -0.317. The molecule has 0 spiro atoms. The van der Waals surface area contributed by atoms with E-state index < -0.39 is 0 Å². The summed E-state index contributed by atoms with van der Waals surface area (Å²) in [4.78, 5) is 7.75. The SMILES string of the molecule is [C-]#[O+].[CH-]=O.[Fe+2].[Fe+3]. The normalized spacial score (nSPS) is 1.00. The summed E-state index contributed by atoms with van der Waals surface area (Å²) in [5, 5.41) is 0. The van der Waals surface area contributed by atoms with Gasteiger partial charge < -0.3 is 4.79 Å². The summed E-state index contributed by atoms with van der Waals surface area (Å²) in [5.41, 5.74) is 0. The molecular formula is C2HFe2O2+4. The van der Waals surface area contributed by atoms with Crippen LogP contribution >= 0.6 is 0 Å². The fraction of sp³-hybridized carbons (Fsp3) is 0. The van der Waals surface area contributed by atoms with Gasteiger partial charge in [0, 0.05) is 0 Å². The summed E-state index contributed by atoms with van der Waals surface area (Å²) in [6, 6.07) is 0. The number of carbonyl (C=O) groups excluding carboxylic acids is 1. The van der Waals surface area contributed by atoms with Crippen LogP contribution in [-0.2, 0) is 43.6 Å². The second-order valence-corrected chi connectivity index (χ2v) is 0. The fourth-order valence-electron chi connectivity index (χ4n) is 0. The third kappa shape index (κ3) is 263. The Morgan fingerprint density at radius 1 is 1.33 bits per heavy atom. The van der Waals surface area contributed by atoms with Gasteiger partial charge in [0.1, 0.15) is 0 Å². The first kappa shape index (κ1) is 31.9. The first-order valence-electron chi connectivity index (χ1n) is 0.440. The van der Waals surface area contributed by atoms with E-state index in [9.17, 15) is 0 Å². The Hall–Kier alpha value is 0.449. The topological polar surface area (TPSA) is 37.0 Å². The van der Waals surface area contributed by atoms with Gasteiger partial charge in [-0.15, -0.1) is 0 Å². The van der Waals surface area contributed by atoms with E-state index >= 15 is 0 Å². The van der Waals surface area contributed by atoms with Crippen molar-refractivity contribution in [2.45, 2.75) is 0 Å². The molecule has 0 aromatic carbocycles. The molecule has 0 saturated carbocycles. The number of rotatable bonds is 0. The van der Waals surface area contributed by atoms with Gasteiger partial charge in [-0.25, -0.2) is 0 Å². The molecule has 0 bridgehead atoms. The molecule has 0 heterocycles. The van der Waals surface area contributed by atoms with E-state index in [4.69, 9.17) is 9.45 Å². The molecule has 0 aromatic heterocycles. The van der Waals surface area contributed by atoms with Crippen molar-refractivity contribution in [3.8, 4) is 0 Å². The van der Waals surface area contributed by atoms with Crippen molar-refractivity contribution in [2.24, 2.45) is 0 Å². The second-order valence-electron chi connectivity index (χ2n) is 0. The first-order chi connectivity index (χ1) is 2.00. The van der Waals surface area contributed by atoms with Crippen molar-refractivity contribution in [2.75, 3.05) is 0 Å². The van der Waals surface area contributed by atoms with Crippen LogP contribution in [0.2, 0.25) is 0 Å². The van der Waals surface area contributed by atoms with Crippen LogP contribution in [0.25, 0.3) is 0 Å². The van der Waals surface area contributed by atoms with E-state index in [1.807, 2.05) is 0 Å². The third-order valence-corrected chi connectivity index (χ3v) is 0. The number of hydrogen-bond acceptors (Lipinski definition) is 1. The van der Waals surface area contributed by atoms with Crippen molar-refractivity contribution in [3.63, 3.8) is 0 Å². The van der Waals surface area contributed by atoms with Gasteiger partial charge in [0.25, 0.3) is 0 Å². The van der Waals surface area contributed by atoms with Gasteiger partial charge in [-0.2, -0.15) is 0 Å². The van der Waals surface area contributed by atoms with E-state index in [0.29, 0.717) is 0 Å². The van der Waals surface area contributed by atoms with Crippen molar-refractivity contribution in [1.29, 1.82) is 0 Å². The van der Waals surface area contributed by atoms with Gasteiger partial charge in [0.05, 0.1) is 0 Å². The van der Waals surface area contributed by atoms with Crippen molar-refractivity contribution in [3.05, 3.63) is 6.65 Å². The molecule has 0 rings (SSSR count). The molecule has 0 atom stereocenters. The average Bonchev–Trinajstić information content (AvgIpc) is 1.50. The van der Waals surface area contributed by atoms with Crippen molar-refractivity contribution in [1.82, 2.24) is 0 Å². The minimum absolute atomic E-state index is 0. The molecule has 4 heteroatoms. The monoisotopic (exact) mass is 169 g/mol. The minimum Gasteiger partial charge on any atom is -0.545 e. The van der Waals surface area contributed by atoms with E-state index in [1.165, 1.54) is 0 Å². The van der Waals surface area contributed by atoms with Crippen LogP contribution in [0, 0.1) is 6.65 Å². The van der Waals surface area contributed by atoms with E-state index in [1.54, 1.807) is 0 Å². The molecule has 0 N–H and O–H groups in total. The molecule has 0 aromatic rings. The van der Waals surface area contributed by atoms with Crippen LogP contribution in [0.1, 0.15) is 0 Å². The zero-order chi connectivity index (χ0) is 4.00. The van der Waals surface area contributed by atoms with Crippen LogP contribution in [0.4, 0.5) is 0 Å². The van der Waals surface area contributed by atoms with Gasteiger partial charge in [-0.05, 0) is 0 Å². The average molecular weight is 169 g/mol. The molecule has 2 nitrogen and oxygen atoms in total. The fourth-order valence-corrected chi connectivity index (χ4v) is 0. The van der Waals surface area contributed by atoms with Gasteiger partial charge in [-0.3, -0.25) is 6.79 Å². The summed E-state index contributed by atoms with van der Waals surface area (Å²) >= 11 is 0. The molecule has 0 saturated heterocycles. The maximum atomic E-state index is 7.75. The maximum Gasteiger partial charge on any atom is 3.00 e. The van der Waals surface area contributed by atoms with Crippen LogP contribution in [0.5, 0.6) is 0 Å². The van der Waals surface area contributed by atoms with Crippen molar-refractivity contribution < 1.29 is 43.6 Å². The third-order valence-electron chi connectivity index (χ3n) is 0. The molecule has 0 unspecified atom stereocenters. The zero-order valence-electron chi connectivity index (χ0n) is 2.60. The molecule has 0 aliphatic heterocycles. The molecule has 0 amide bonds. The summed E-state index contributed by atoms with van der Waals surface area (Å²) < 4.78 is 7.50. The minimum atomic E-state index is 0. The second kappa shape index (κ2) is 535. The molecule has 33 valence electrons. The summed E-state index contributed by atoms with van der Waals surface area (Å²) in [6.45, 7) is 7.75. The molecule has 0 aliphatic carbocycles.